The lowest BCUT2D eigenvalue weighted by Crippen LogP contribution is -2.42. The number of rotatable bonds is 8. The van der Waals surface area contributed by atoms with Crippen molar-refractivity contribution in [1.82, 2.24) is 9.62 Å². The summed E-state index contributed by atoms with van der Waals surface area (Å²) in [6.07, 6.45) is 0.811. The molecule has 3 aromatic rings. The Morgan fingerprint density at radius 3 is 2.28 bits per heavy atom. The molecule has 3 aromatic carbocycles. The molecule has 0 bridgehead atoms. The van der Waals surface area contributed by atoms with Gasteiger partial charge in [-0.2, -0.15) is 0 Å². The lowest BCUT2D eigenvalue weighted by atomic mass is 9.97. The average molecular weight is 526 g/mol. The molecular weight excluding hydrogens is 498 g/mol. The summed E-state index contributed by atoms with van der Waals surface area (Å²) >= 11 is 5.98. The van der Waals surface area contributed by atoms with Crippen molar-refractivity contribution in [3.05, 3.63) is 101 Å². The summed E-state index contributed by atoms with van der Waals surface area (Å²) < 4.78 is 27.1. The molecule has 2 amide bonds. The second kappa shape index (κ2) is 11.7. The number of benzene rings is 3. The van der Waals surface area contributed by atoms with E-state index >= 15 is 0 Å². The van der Waals surface area contributed by atoms with Gasteiger partial charge in [0, 0.05) is 30.6 Å². The van der Waals surface area contributed by atoms with Crippen LogP contribution in [-0.4, -0.2) is 37.6 Å². The fourth-order valence-electron chi connectivity index (χ4n) is 4.22. The maximum Gasteiger partial charge on any atom is 0.253 e. The van der Waals surface area contributed by atoms with Crippen LogP contribution < -0.4 is 10.6 Å². The highest BCUT2D eigenvalue weighted by Gasteiger charge is 2.31. The van der Waals surface area contributed by atoms with Gasteiger partial charge in [-0.1, -0.05) is 66.2 Å². The second-order valence-corrected chi connectivity index (χ2v) is 11.2. The van der Waals surface area contributed by atoms with E-state index in [0.717, 1.165) is 5.56 Å². The maximum absolute atomic E-state index is 13.0. The largest absolute Gasteiger partial charge is 0.348 e. The smallest absolute Gasteiger partial charge is 0.253 e. The first kappa shape index (κ1) is 25.9. The van der Waals surface area contributed by atoms with E-state index in [1.807, 2.05) is 30.3 Å². The van der Waals surface area contributed by atoms with Gasteiger partial charge in [-0.15, -0.1) is 0 Å². The molecule has 0 aromatic heterocycles. The zero-order chi connectivity index (χ0) is 25.5. The first-order valence-corrected chi connectivity index (χ1v) is 13.7. The van der Waals surface area contributed by atoms with Crippen molar-refractivity contribution in [2.24, 2.45) is 5.92 Å². The number of hydrogen-bond donors (Lipinski definition) is 2. The number of para-hydroxylation sites is 1. The molecule has 0 aliphatic carbocycles. The van der Waals surface area contributed by atoms with Gasteiger partial charge < -0.3 is 10.6 Å². The number of anilines is 1. The van der Waals surface area contributed by atoms with Crippen LogP contribution in [0.5, 0.6) is 0 Å². The van der Waals surface area contributed by atoms with Crippen LogP contribution in [0.2, 0.25) is 5.02 Å². The first-order valence-electron chi connectivity index (χ1n) is 11.8. The predicted molar refractivity (Wildman–Crippen MR) is 141 cm³/mol. The molecule has 1 fully saturated rings. The third-order valence-electron chi connectivity index (χ3n) is 6.18. The van der Waals surface area contributed by atoms with E-state index in [4.69, 9.17) is 11.6 Å². The van der Waals surface area contributed by atoms with E-state index in [2.05, 4.69) is 10.6 Å². The minimum absolute atomic E-state index is 0.129. The normalized spacial score (nSPS) is 14.8. The number of halogens is 1. The van der Waals surface area contributed by atoms with Crippen molar-refractivity contribution < 1.29 is 18.0 Å². The van der Waals surface area contributed by atoms with Gasteiger partial charge in [0.15, 0.2) is 0 Å². The lowest BCUT2D eigenvalue weighted by molar-refractivity contribution is -0.120. The standard InChI is InChI=1S/C27H28ClN3O4S/c28-23-10-6-9-21(17-23)19-36(34,35)31-15-13-22(14-16-31)26(32)30-25-12-5-4-11-24(25)27(33)29-18-20-7-2-1-3-8-20/h1-12,17,22H,13-16,18-19H2,(H,29,33)(H,30,32). The number of piperidine rings is 1. The highest BCUT2D eigenvalue weighted by atomic mass is 35.5. The van der Waals surface area contributed by atoms with Gasteiger partial charge in [0.05, 0.1) is 17.0 Å². The molecule has 1 saturated heterocycles. The van der Waals surface area contributed by atoms with Crippen LogP contribution >= 0.6 is 11.6 Å². The zero-order valence-electron chi connectivity index (χ0n) is 19.7. The Hall–Kier alpha value is -3.20. The van der Waals surface area contributed by atoms with Gasteiger partial charge in [-0.05, 0) is 48.2 Å². The Balaban J connectivity index is 1.33. The minimum Gasteiger partial charge on any atom is -0.348 e. The molecule has 1 aliphatic heterocycles. The Bertz CT molecular complexity index is 1320. The van der Waals surface area contributed by atoms with Gasteiger partial charge in [0.2, 0.25) is 15.9 Å². The number of amides is 2. The lowest BCUT2D eigenvalue weighted by Gasteiger charge is -2.30. The molecule has 7 nitrogen and oxygen atoms in total. The molecule has 36 heavy (non-hydrogen) atoms. The molecule has 0 radical (unpaired) electrons. The Labute approximate surface area is 216 Å². The van der Waals surface area contributed by atoms with E-state index in [1.54, 1.807) is 48.5 Å². The molecular formula is C27H28ClN3O4S. The van der Waals surface area contributed by atoms with Crippen molar-refractivity contribution in [1.29, 1.82) is 0 Å². The third kappa shape index (κ3) is 6.72. The molecule has 9 heteroatoms. The second-order valence-electron chi connectivity index (χ2n) is 8.76. The zero-order valence-corrected chi connectivity index (χ0v) is 21.3. The molecule has 2 N–H and O–H groups in total. The van der Waals surface area contributed by atoms with E-state index < -0.39 is 10.0 Å². The summed E-state index contributed by atoms with van der Waals surface area (Å²) in [4.78, 5) is 25.8. The van der Waals surface area contributed by atoms with Gasteiger partial charge in [0.25, 0.3) is 5.91 Å². The third-order valence-corrected chi connectivity index (χ3v) is 8.27. The number of nitrogens with zero attached hydrogens (tertiary/aromatic N) is 1. The van der Waals surface area contributed by atoms with Crippen LogP contribution in [-0.2, 0) is 27.1 Å². The summed E-state index contributed by atoms with van der Waals surface area (Å²) in [6, 6.07) is 23.2. The molecule has 0 saturated carbocycles. The van der Waals surface area contributed by atoms with Crippen molar-refractivity contribution in [3.8, 4) is 0 Å². The summed E-state index contributed by atoms with van der Waals surface area (Å²) in [7, 11) is -3.52. The summed E-state index contributed by atoms with van der Waals surface area (Å²) in [6.45, 7) is 0.907. The van der Waals surface area contributed by atoms with Crippen LogP contribution in [0, 0.1) is 5.92 Å². The van der Waals surface area contributed by atoms with E-state index in [9.17, 15) is 18.0 Å². The van der Waals surface area contributed by atoms with Crippen LogP contribution in [0.3, 0.4) is 0 Å². The maximum atomic E-state index is 13.0. The van der Waals surface area contributed by atoms with Gasteiger partial charge in [0.1, 0.15) is 0 Å². The monoisotopic (exact) mass is 525 g/mol. The fraction of sp³-hybridized carbons (Fsp3) is 0.259. The Kier molecular flexibility index (Phi) is 8.40. The van der Waals surface area contributed by atoms with Crippen LogP contribution in [0.15, 0.2) is 78.9 Å². The van der Waals surface area contributed by atoms with Crippen molar-refractivity contribution >= 4 is 39.1 Å². The molecule has 0 spiro atoms. The van der Waals surface area contributed by atoms with E-state index in [0.29, 0.717) is 41.2 Å². The Morgan fingerprint density at radius 2 is 1.56 bits per heavy atom. The average Bonchev–Trinajstić information content (AvgIpc) is 2.88. The quantitative estimate of drug-likeness (QED) is 0.454. The number of carbonyl (C=O) groups is 2. The van der Waals surface area contributed by atoms with Crippen LogP contribution in [0.4, 0.5) is 5.69 Å². The highest BCUT2D eigenvalue weighted by molar-refractivity contribution is 7.88. The molecule has 0 atom stereocenters. The number of nitrogens with one attached hydrogen (secondary N) is 2. The summed E-state index contributed by atoms with van der Waals surface area (Å²) in [5.41, 5.74) is 2.42. The van der Waals surface area contributed by atoms with E-state index in [1.165, 1.54) is 4.31 Å². The minimum atomic E-state index is -3.52. The van der Waals surface area contributed by atoms with Gasteiger partial charge >= 0.3 is 0 Å². The number of hydrogen-bond acceptors (Lipinski definition) is 4. The van der Waals surface area contributed by atoms with E-state index in [-0.39, 0.29) is 36.6 Å². The molecule has 1 aliphatic rings. The molecule has 0 unspecified atom stereocenters. The molecule has 4 rings (SSSR count). The molecule has 1 heterocycles. The summed E-state index contributed by atoms with van der Waals surface area (Å²) in [5.74, 6) is -0.972. The van der Waals surface area contributed by atoms with Crippen LogP contribution in [0.1, 0.15) is 34.3 Å². The predicted octanol–water partition coefficient (Wildman–Crippen LogP) is 4.45. The highest BCUT2D eigenvalue weighted by Crippen LogP contribution is 2.25. The first-order chi connectivity index (χ1) is 17.3. The number of sulfonamides is 1. The van der Waals surface area contributed by atoms with Crippen molar-refractivity contribution in [2.75, 3.05) is 18.4 Å². The SMILES string of the molecule is O=C(NCc1ccccc1)c1ccccc1NC(=O)C1CCN(S(=O)(=O)Cc2cccc(Cl)c2)CC1. The topological polar surface area (TPSA) is 95.6 Å². The molecule has 188 valence electrons. The Morgan fingerprint density at radius 1 is 0.889 bits per heavy atom. The van der Waals surface area contributed by atoms with Crippen LogP contribution in [0.25, 0.3) is 0 Å². The fourth-order valence-corrected chi connectivity index (χ4v) is 5.99. The van der Waals surface area contributed by atoms with Gasteiger partial charge in [-0.3, -0.25) is 9.59 Å². The number of carbonyl (C=O) groups excluding carboxylic acids is 2. The van der Waals surface area contributed by atoms with Crippen molar-refractivity contribution in [2.45, 2.75) is 25.1 Å². The van der Waals surface area contributed by atoms with Crippen molar-refractivity contribution in [3.63, 3.8) is 0 Å². The summed E-state index contributed by atoms with van der Waals surface area (Å²) in [5, 5.41) is 6.25. The van der Waals surface area contributed by atoms with Gasteiger partial charge in [-0.25, -0.2) is 12.7 Å².